The number of allylic oxidation sites excluding steroid dienone is 4. The van der Waals surface area contributed by atoms with Gasteiger partial charge in [0.05, 0.1) is 41.8 Å². The normalized spacial score (nSPS) is 12.4. The van der Waals surface area contributed by atoms with Crippen molar-refractivity contribution in [3.8, 4) is 11.5 Å². The van der Waals surface area contributed by atoms with Gasteiger partial charge in [-0.2, -0.15) is 15.3 Å². The van der Waals surface area contributed by atoms with Gasteiger partial charge in [-0.1, -0.05) is 18.2 Å². The summed E-state index contributed by atoms with van der Waals surface area (Å²) in [5, 5.41) is 23.1. The van der Waals surface area contributed by atoms with Crippen molar-refractivity contribution in [3.05, 3.63) is 101 Å². The minimum atomic E-state index is -0.701. The number of ether oxygens (including phenoxy) is 2. The van der Waals surface area contributed by atoms with Crippen molar-refractivity contribution in [2.45, 2.75) is 86.6 Å². The maximum absolute atomic E-state index is 14.0. The van der Waals surface area contributed by atoms with E-state index in [-0.39, 0.29) is 61.3 Å². The minimum absolute atomic E-state index is 0.0850. The number of nitrogens with two attached hydrogens (primary N) is 4. The maximum Gasteiger partial charge on any atom is 0.276 e. The van der Waals surface area contributed by atoms with Crippen LogP contribution in [0.4, 0.5) is 17.6 Å². The van der Waals surface area contributed by atoms with Crippen LogP contribution in [0.2, 0.25) is 0 Å². The molecule has 0 saturated heterocycles. The highest BCUT2D eigenvalue weighted by Gasteiger charge is 2.23. The van der Waals surface area contributed by atoms with E-state index in [2.05, 4.69) is 36.2 Å². The number of amidine groups is 1. The molecule has 73 heavy (non-hydrogen) atoms. The van der Waals surface area contributed by atoms with Crippen LogP contribution in [0.15, 0.2) is 88.9 Å². The summed E-state index contributed by atoms with van der Waals surface area (Å²) in [7, 11) is 1.63. The highest BCUT2D eigenvalue weighted by Crippen LogP contribution is 2.33. The van der Waals surface area contributed by atoms with Crippen molar-refractivity contribution >= 4 is 75.2 Å². The highest BCUT2D eigenvalue weighted by molar-refractivity contribution is 6.47. The molecule has 0 spiro atoms. The number of amides is 3. The molecule has 0 bridgehead atoms. The number of nitrogens with one attached hydrogen (secondary N) is 3. The highest BCUT2D eigenvalue weighted by atomic mass is 16.5. The largest absolute Gasteiger partial charge is 0.491 e. The summed E-state index contributed by atoms with van der Waals surface area (Å²) in [6, 6.07) is 8.19. The van der Waals surface area contributed by atoms with E-state index in [9.17, 15) is 19.2 Å². The number of primary amides is 1. The molecular weight excluding hydrogens is 937 g/mol. The number of aldehydes is 1. The summed E-state index contributed by atoms with van der Waals surface area (Å²) in [5.41, 5.74) is 16.2. The van der Waals surface area contributed by atoms with Gasteiger partial charge in [0.15, 0.2) is 0 Å². The number of carbonyl (C=O) groups is 4. The molecule has 4 aromatic heterocycles. The van der Waals surface area contributed by atoms with Gasteiger partial charge >= 0.3 is 0 Å². The molecule has 24 nitrogen and oxygen atoms in total. The van der Waals surface area contributed by atoms with Crippen LogP contribution in [0.1, 0.15) is 84.4 Å². The molecule has 0 aliphatic heterocycles. The van der Waals surface area contributed by atoms with Crippen LogP contribution in [0.25, 0.3) is 22.1 Å². The minimum Gasteiger partial charge on any atom is -0.491 e. The Morgan fingerprint density at radius 1 is 0.904 bits per heavy atom. The van der Waals surface area contributed by atoms with Gasteiger partial charge in [0.2, 0.25) is 17.8 Å². The van der Waals surface area contributed by atoms with Crippen molar-refractivity contribution < 1.29 is 28.7 Å². The Kier molecular flexibility index (Phi) is 18.2. The van der Waals surface area contributed by atoms with E-state index < -0.39 is 17.7 Å². The van der Waals surface area contributed by atoms with E-state index >= 15 is 0 Å². The lowest BCUT2D eigenvalue weighted by Gasteiger charge is -2.15. The molecule has 6 rings (SSSR count). The summed E-state index contributed by atoms with van der Waals surface area (Å²) in [5.74, 6) is 11.0. The van der Waals surface area contributed by atoms with E-state index in [4.69, 9.17) is 42.6 Å². The number of rotatable bonds is 25. The first-order chi connectivity index (χ1) is 35.0. The number of anilines is 3. The van der Waals surface area contributed by atoms with Gasteiger partial charge in [0.1, 0.15) is 52.7 Å². The van der Waals surface area contributed by atoms with Crippen LogP contribution < -0.4 is 48.6 Å². The van der Waals surface area contributed by atoms with Gasteiger partial charge in [-0.05, 0) is 90.4 Å². The second-order valence-corrected chi connectivity index (χ2v) is 17.1. The fraction of sp³-hybridized carbons (Fsp3) is 0.347. The number of hydrogen-bond donors (Lipinski definition) is 7. The van der Waals surface area contributed by atoms with Gasteiger partial charge in [0, 0.05) is 68.7 Å². The fourth-order valence-electron chi connectivity index (χ4n) is 7.69. The predicted octanol–water partition coefficient (Wildman–Crippen LogP) is 4.48. The monoisotopic (exact) mass is 1000 g/mol. The maximum atomic E-state index is 14.0. The van der Waals surface area contributed by atoms with Gasteiger partial charge in [-0.25, -0.2) is 15.8 Å². The zero-order chi connectivity index (χ0) is 52.8. The van der Waals surface area contributed by atoms with Crippen LogP contribution in [0, 0.1) is 6.92 Å². The van der Waals surface area contributed by atoms with Crippen LogP contribution >= 0.6 is 0 Å². The molecule has 0 atom stereocenters. The number of hydrazone groups is 1. The lowest BCUT2D eigenvalue weighted by atomic mass is 10.1. The predicted molar refractivity (Wildman–Crippen MR) is 282 cm³/mol. The molecule has 0 aliphatic carbocycles. The molecule has 386 valence electrons. The SMILES string of the molecule is CCN=C(/C=C(/C)N)C(=O)Nc1nc2cc(C=O)cc(OCCC/C(=N/N)N(C)N)c2n1C/C=C/Cn1c(NC(=O)c2cc(C)nn2CC)nc2cc(C(N)=O)cc(OC/C=C/Cn3cc(NC(C)C)cn3)c21. The lowest BCUT2D eigenvalue weighted by Crippen LogP contribution is -2.34. The van der Waals surface area contributed by atoms with E-state index in [0.717, 1.165) is 5.69 Å². The number of carbonyl (C=O) groups excluding carboxylic acids is 4. The number of aliphatic imine (C=N–C) groups is 1. The Labute approximate surface area is 421 Å². The molecule has 0 saturated carbocycles. The summed E-state index contributed by atoms with van der Waals surface area (Å²) in [6.07, 6.45) is 14.1. The third-order valence-corrected chi connectivity index (χ3v) is 10.9. The second kappa shape index (κ2) is 24.8. The number of aromatic nitrogens is 8. The van der Waals surface area contributed by atoms with E-state index in [1.54, 1.807) is 70.7 Å². The molecule has 0 fully saturated rings. The third kappa shape index (κ3) is 13.8. The first-order valence-corrected chi connectivity index (χ1v) is 23.6. The molecule has 24 heteroatoms. The summed E-state index contributed by atoms with van der Waals surface area (Å²) < 4.78 is 19.5. The van der Waals surface area contributed by atoms with Crippen molar-refractivity contribution in [1.82, 2.24) is 43.7 Å². The van der Waals surface area contributed by atoms with Crippen molar-refractivity contribution in [2.75, 3.05) is 42.8 Å². The van der Waals surface area contributed by atoms with Gasteiger partial charge in [-0.3, -0.25) is 44.2 Å². The Bertz CT molecular complexity index is 3110. The summed E-state index contributed by atoms with van der Waals surface area (Å²) in [6.45, 7) is 12.9. The standard InChI is InChI=1S/C49H64N18O6/c1-8-54-38(21-31(5)50)46(70)59-48-57-36-23-33(29-68)24-40(73-20-14-15-42(61-52)63(7)53)43(36)65(48)17-10-11-18-66-44-37(58-49(66)60-47(71)39-22-32(6)62-67(39)9-2)25-34(45(51)69)26-41(44)72-19-13-12-16-64-28-35(27-55-64)56-30(3)4/h10-13,21-30,56H,8-9,14-20,50,52-53H2,1-7H3,(H2,51,69)(H,57,59,70)(H,58,60,71)/b11-10+,13-12+,31-21-,54-38?,61-42-. The molecule has 4 heterocycles. The van der Waals surface area contributed by atoms with Gasteiger partial charge in [-0.15, -0.1) is 0 Å². The topological polar surface area (TPSA) is 326 Å². The van der Waals surface area contributed by atoms with Crippen molar-refractivity contribution in [3.63, 3.8) is 0 Å². The first-order valence-electron chi connectivity index (χ1n) is 23.6. The number of aryl methyl sites for hydroxylation is 2. The molecular formula is C49H64N18O6. The summed E-state index contributed by atoms with van der Waals surface area (Å²) in [4.78, 5) is 66.5. The first kappa shape index (κ1) is 53.5. The average molecular weight is 1000 g/mol. The third-order valence-electron chi connectivity index (χ3n) is 10.9. The van der Waals surface area contributed by atoms with E-state index in [1.165, 1.54) is 23.2 Å². The lowest BCUT2D eigenvalue weighted by molar-refractivity contribution is -0.110. The average Bonchev–Trinajstić information content (AvgIpc) is 4.13. The molecule has 0 unspecified atom stereocenters. The van der Waals surface area contributed by atoms with Crippen LogP contribution in [-0.2, 0) is 31.0 Å². The van der Waals surface area contributed by atoms with Crippen molar-refractivity contribution in [1.29, 1.82) is 0 Å². The summed E-state index contributed by atoms with van der Waals surface area (Å²) >= 11 is 0. The van der Waals surface area contributed by atoms with Crippen molar-refractivity contribution in [2.24, 2.45) is 33.2 Å². The van der Waals surface area contributed by atoms with Gasteiger partial charge in [0.25, 0.3) is 11.8 Å². The zero-order valence-corrected chi connectivity index (χ0v) is 42.1. The Morgan fingerprint density at radius 3 is 2.19 bits per heavy atom. The number of benzene rings is 2. The molecule has 0 radical (unpaired) electrons. The quantitative estimate of drug-likeness (QED) is 0.00791. The van der Waals surface area contributed by atoms with Crippen LogP contribution in [0.3, 0.4) is 0 Å². The number of imidazole rings is 2. The number of hydrazine groups is 1. The molecule has 6 aromatic rings. The number of nitrogens with zero attached hydrogens (tertiary/aromatic N) is 11. The number of hydrogen-bond acceptors (Lipinski definition) is 16. The van der Waals surface area contributed by atoms with Gasteiger partial charge < -0.3 is 46.2 Å². The smallest absolute Gasteiger partial charge is 0.276 e. The van der Waals surface area contributed by atoms with E-state index in [1.807, 2.05) is 51.3 Å². The van der Waals surface area contributed by atoms with Crippen LogP contribution in [0.5, 0.6) is 11.5 Å². The van der Waals surface area contributed by atoms with Crippen LogP contribution in [-0.4, -0.2) is 112 Å². The van der Waals surface area contributed by atoms with E-state index in [0.29, 0.717) is 95.1 Å². The second-order valence-electron chi connectivity index (χ2n) is 17.1. The molecule has 11 N–H and O–H groups in total. The Morgan fingerprint density at radius 2 is 1.58 bits per heavy atom. The molecule has 3 amide bonds. The Hall–Kier alpha value is -8.80. The number of fused-ring (bicyclic) bond motifs is 2. The fourth-order valence-corrected chi connectivity index (χ4v) is 7.69. The molecule has 0 aliphatic rings. The Balaban J connectivity index is 1.39. The zero-order valence-electron chi connectivity index (χ0n) is 42.1. The molecule has 2 aromatic carbocycles.